The van der Waals surface area contributed by atoms with E-state index in [9.17, 15) is 14.7 Å². The third kappa shape index (κ3) is 2.97. The Labute approximate surface area is 117 Å². The fourth-order valence-corrected chi connectivity index (χ4v) is 2.35. The van der Waals surface area contributed by atoms with E-state index in [-0.39, 0.29) is 12.5 Å². The van der Waals surface area contributed by atoms with Crippen LogP contribution in [0.15, 0.2) is 24.3 Å². The second kappa shape index (κ2) is 6.49. The van der Waals surface area contributed by atoms with Gasteiger partial charge in [0.05, 0.1) is 13.2 Å². The van der Waals surface area contributed by atoms with Gasteiger partial charge in [-0.05, 0) is 11.6 Å². The second-order valence-electron chi connectivity index (χ2n) is 4.62. The van der Waals surface area contributed by atoms with E-state index >= 15 is 0 Å². The van der Waals surface area contributed by atoms with Crippen LogP contribution in [0.3, 0.4) is 0 Å². The fourth-order valence-electron chi connectivity index (χ4n) is 2.35. The molecule has 2 N–H and O–H groups in total. The molecule has 0 radical (unpaired) electrons. The first-order valence-corrected chi connectivity index (χ1v) is 6.47. The number of amides is 1. The summed E-state index contributed by atoms with van der Waals surface area (Å²) >= 11 is 0. The van der Waals surface area contributed by atoms with Gasteiger partial charge >= 0.3 is 5.97 Å². The van der Waals surface area contributed by atoms with Gasteiger partial charge in [-0.1, -0.05) is 18.2 Å². The number of carboxylic acids is 1. The number of anilines is 1. The maximum Gasteiger partial charge on any atom is 0.327 e. The summed E-state index contributed by atoms with van der Waals surface area (Å²) in [7, 11) is 1.58. The molecule has 0 fully saturated rings. The Kier molecular flexibility index (Phi) is 4.70. The molecular formula is C14H18N2O4. The van der Waals surface area contributed by atoms with Gasteiger partial charge in [0.1, 0.15) is 6.04 Å². The molecule has 0 unspecified atom stereocenters. The average molecular weight is 278 g/mol. The standard InChI is InChI=1S/C14H18N2O4/c1-20-7-6-15-9-13(17)16-11-5-3-2-4-10(11)8-12(16)14(18)19/h2-5,12,15H,6-9H2,1H3,(H,18,19)/t12-/m0/s1. The van der Waals surface area contributed by atoms with Crippen LogP contribution in [-0.4, -0.2) is 49.8 Å². The largest absolute Gasteiger partial charge is 0.480 e. The molecule has 1 heterocycles. The van der Waals surface area contributed by atoms with Crippen molar-refractivity contribution >= 4 is 17.6 Å². The Morgan fingerprint density at radius 1 is 1.45 bits per heavy atom. The van der Waals surface area contributed by atoms with Crippen LogP contribution in [-0.2, 0) is 20.7 Å². The Morgan fingerprint density at radius 3 is 2.90 bits per heavy atom. The highest BCUT2D eigenvalue weighted by Gasteiger charge is 2.37. The Morgan fingerprint density at radius 2 is 2.20 bits per heavy atom. The lowest BCUT2D eigenvalue weighted by Crippen LogP contribution is -2.46. The Bertz CT molecular complexity index is 504. The minimum Gasteiger partial charge on any atom is -0.480 e. The monoisotopic (exact) mass is 278 g/mol. The van der Waals surface area contributed by atoms with Crippen molar-refractivity contribution in [3.8, 4) is 0 Å². The third-order valence-corrected chi connectivity index (χ3v) is 3.29. The second-order valence-corrected chi connectivity index (χ2v) is 4.62. The van der Waals surface area contributed by atoms with Gasteiger partial charge in [-0.25, -0.2) is 4.79 Å². The molecule has 0 aromatic heterocycles. The van der Waals surface area contributed by atoms with Gasteiger partial charge in [-0.15, -0.1) is 0 Å². The molecule has 20 heavy (non-hydrogen) atoms. The predicted molar refractivity (Wildman–Crippen MR) is 73.8 cm³/mol. The van der Waals surface area contributed by atoms with Crippen LogP contribution in [0.5, 0.6) is 0 Å². The number of hydrogen-bond donors (Lipinski definition) is 2. The van der Waals surface area contributed by atoms with Crippen LogP contribution in [0, 0.1) is 0 Å². The summed E-state index contributed by atoms with van der Waals surface area (Å²) < 4.78 is 4.88. The fraction of sp³-hybridized carbons (Fsp3) is 0.429. The van der Waals surface area contributed by atoms with Gasteiger partial charge in [0.15, 0.2) is 0 Å². The summed E-state index contributed by atoms with van der Waals surface area (Å²) in [6.07, 6.45) is 0.356. The topological polar surface area (TPSA) is 78.9 Å². The summed E-state index contributed by atoms with van der Waals surface area (Å²) in [6.45, 7) is 1.16. The number of carbonyl (C=O) groups excluding carboxylic acids is 1. The van der Waals surface area contributed by atoms with E-state index in [4.69, 9.17) is 4.74 Å². The van der Waals surface area contributed by atoms with Crippen molar-refractivity contribution in [2.24, 2.45) is 0 Å². The summed E-state index contributed by atoms with van der Waals surface area (Å²) in [5, 5.41) is 12.2. The van der Waals surface area contributed by atoms with Gasteiger partial charge in [-0.2, -0.15) is 0 Å². The number of methoxy groups -OCH3 is 1. The predicted octanol–water partition coefficient (Wildman–Crippen LogP) is 0.265. The molecule has 1 aliphatic heterocycles. The molecule has 1 aliphatic rings. The highest BCUT2D eigenvalue weighted by molar-refractivity contribution is 6.02. The number of para-hydroxylation sites is 1. The lowest BCUT2D eigenvalue weighted by molar-refractivity contribution is -0.139. The number of nitrogens with one attached hydrogen (secondary N) is 1. The molecule has 1 aromatic carbocycles. The molecule has 6 nitrogen and oxygen atoms in total. The first-order chi connectivity index (χ1) is 9.65. The molecule has 0 saturated heterocycles. The first kappa shape index (κ1) is 14.5. The Balaban J connectivity index is 2.10. The highest BCUT2D eigenvalue weighted by Crippen LogP contribution is 2.32. The summed E-state index contributed by atoms with van der Waals surface area (Å²) in [6, 6.07) is 6.48. The molecule has 1 atom stereocenters. The van der Waals surface area contributed by atoms with Crippen LogP contribution < -0.4 is 10.2 Å². The maximum atomic E-state index is 12.2. The average Bonchev–Trinajstić information content (AvgIpc) is 2.83. The zero-order valence-electron chi connectivity index (χ0n) is 11.3. The van der Waals surface area contributed by atoms with Crippen LogP contribution in [0.25, 0.3) is 0 Å². The number of hydrogen-bond acceptors (Lipinski definition) is 4. The van der Waals surface area contributed by atoms with E-state index in [1.165, 1.54) is 4.90 Å². The number of carbonyl (C=O) groups is 2. The lowest BCUT2D eigenvalue weighted by Gasteiger charge is -2.22. The molecular weight excluding hydrogens is 260 g/mol. The molecule has 0 bridgehead atoms. The van der Waals surface area contributed by atoms with E-state index in [1.54, 1.807) is 13.2 Å². The number of rotatable bonds is 6. The van der Waals surface area contributed by atoms with Crippen molar-refractivity contribution < 1.29 is 19.4 Å². The third-order valence-electron chi connectivity index (χ3n) is 3.29. The van der Waals surface area contributed by atoms with Crippen molar-refractivity contribution in [2.45, 2.75) is 12.5 Å². The summed E-state index contributed by atoms with van der Waals surface area (Å²) in [5.74, 6) is -1.22. The molecule has 1 aromatic rings. The summed E-state index contributed by atoms with van der Waals surface area (Å²) in [4.78, 5) is 24.9. The van der Waals surface area contributed by atoms with Crippen LogP contribution in [0.4, 0.5) is 5.69 Å². The van der Waals surface area contributed by atoms with E-state index in [2.05, 4.69) is 5.32 Å². The molecule has 108 valence electrons. The molecule has 0 aliphatic carbocycles. The van der Waals surface area contributed by atoms with Crippen LogP contribution in [0.2, 0.25) is 0 Å². The zero-order valence-corrected chi connectivity index (χ0v) is 11.3. The van der Waals surface area contributed by atoms with Gasteiger partial charge in [0.2, 0.25) is 5.91 Å². The smallest absolute Gasteiger partial charge is 0.327 e. The number of carboxylic acid groups (broad SMARTS) is 1. The van der Waals surface area contributed by atoms with Crippen molar-refractivity contribution in [3.05, 3.63) is 29.8 Å². The summed E-state index contributed by atoms with van der Waals surface area (Å²) in [5.41, 5.74) is 1.59. The van der Waals surface area contributed by atoms with E-state index in [0.29, 0.717) is 25.3 Å². The van der Waals surface area contributed by atoms with Crippen molar-refractivity contribution in [2.75, 3.05) is 31.7 Å². The SMILES string of the molecule is COCCNCC(=O)N1c2ccccc2C[C@H]1C(=O)O. The Hall–Kier alpha value is -1.92. The van der Waals surface area contributed by atoms with Gasteiger partial charge < -0.3 is 15.2 Å². The maximum absolute atomic E-state index is 12.2. The molecule has 0 spiro atoms. The van der Waals surface area contributed by atoms with Gasteiger partial charge in [-0.3, -0.25) is 9.69 Å². The molecule has 6 heteroatoms. The van der Waals surface area contributed by atoms with Gasteiger partial charge in [0.25, 0.3) is 0 Å². The van der Waals surface area contributed by atoms with E-state index < -0.39 is 12.0 Å². The quantitative estimate of drug-likeness (QED) is 0.730. The van der Waals surface area contributed by atoms with Crippen molar-refractivity contribution in [1.29, 1.82) is 0 Å². The number of ether oxygens (including phenoxy) is 1. The number of benzene rings is 1. The zero-order chi connectivity index (χ0) is 14.5. The molecule has 2 rings (SSSR count). The first-order valence-electron chi connectivity index (χ1n) is 6.47. The van der Waals surface area contributed by atoms with Crippen molar-refractivity contribution in [3.63, 3.8) is 0 Å². The van der Waals surface area contributed by atoms with Crippen LogP contribution in [0.1, 0.15) is 5.56 Å². The highest BCUT2D eigenvalue weighted by atomic mass is 16.5. The van der Waals surface area contributed by atoms with Gasteiger partial charge in [0, 0.05) is 25.8 Å². The van der Waals surface area contributed by atoms with Crippen LogP contribution >= 0.6 is 0 Å². The number of fused-ring (bicyclic) bond motifs is 1. The minimum absolute atomic E-state index is 0.0987. The molecule has 1 amide bonds. The van der Waals surface area contributed by atoms with E-state index in [1.807, 2.05) is 18.2 Å². The lowest BCUT2D eigenvalue weighted by atomic mass is 10.1. The number of aliphatic carboxylic acids is 1. The molecule has 0 saturated carbocycles. The minimum atomic E-state index is -0.980. The van der Waals surface area contributed by atoms with E-state index in [0.717, 1.165) is 5.56 Å². The normalized spacial score (nSPS) is 17.1. The number of nitrogens with zero attached hydrogens (tertiary/aromatic N) is 1. The van der Waals surface area contributed by atoms with Crippen molar-refractivity contribution in [1.82, 2.24) is 5.32 Å².